The molecular weight excluding hydrogens is 206 g/mol. The molecule has 3 heteroatoms. The van der Waals surface area contributed by atoms with Crippen LogP contribution in [0.2, 0.25) is 0 Å². The highest BCUT2D eigenvalue weighted by molar-refractivity contribution is 7.08. The van der Waals surface area contributed by atoms with Crippen molar-refractivity contribution in [1.82, 2.24) is 4.98 Å². The Morgan fingerprint density at radius 3 is 2.93 bits per heavy atom. The van der Waals surface area contributed by atoms with Crippen molar-refractivity contribution < 1.29 is 4.79 Å². The van der Waals surface area contributed by atoms with E-state index in [4.69, 9.17) is 0 Å². The van der Waals surface area contributed by atoms with E-state index in [0.717, 1.165) is 16.7 Å². The molecule has 0 aliphatic rings. The van der Waals surface area contributed by atoms with Gasteiger partial charge in [0.05, 0.1) is 0 Å². The van der Waals surface area contributed by atoms with E-state index in [9.17, 15) is 4.79 Å². The molecule has 15 heavy (non-hydrogen) atoms. The van der Waals surface area contributed by atoms with Gasteiger partial charge in [0.1, 0.15) is 0 Å². The van der Waals surface area contributed by atoms with E-state index in [2.05, 4.69) is 4.98 Å². The number of hydrogen-bond donors (Lipinski definition) is 0. The minimum absolute atomic E-state index is 0.168. The second-order valence-electron chi connectivity index (χ2n) is 3.43. The summed E-state index contributed by atoms with van der Waals surface area (Å²) in [7, 11) is 0. The molecule has 2 nitrogen and oxygen atoms in total. The predicted molar refractivity (Wildman–Crippen MR) is 61.3 cm³/mol. The standard InChI is InChI=1S/C12H11NOS/c1-9-7-15-8-11(9)12(14)5-10-3-2-4-13-6-10/h2-4,6-8H,5H2,1H3. The Labute approximate surface area is 92.6 Å². The zero-order valence-electron chi connectivity index (χ0n) is 8.43. The number of rotatable bonds is 3. The van der Waals surface area contributed by atoms with Crippen LogP contribution in [0.15, 0.2) is 35.3 Å². The third kappa shape index (κ3) is 2.30. The van der Waals surface area contributed by atoms with Crippen LogP contribution in [-0.2, 0) is 6.42 Å². The van der Waals surface area contributed by atoms with Crippen LogP contribution in [0.3, 0.4) is 0 Å². The van der Waals surface area contributed by atoms with Gasteiger partial charge >= 0.3 is 0 Å². The van der Waals surface area contributed by atoms with Gasteiger partial charge in [0, 0.05) is 29.8 Å². The number of nitrogens with zero attached hydrogens (tertiary/aromatic N) is 1. The molecule has 0 radical (unpaired) electrons. The maximum atomic E-state index is 11.9. The van der Waals surface area contributed by atoms with Crippen molar-refractivity contribution in [2.24, 2.45) is 0 Å². The Morgan fingerprint density at radius 2 is 2.33 bits per heavy atom. The van der Waals surface area contributed by atoms with Gasteiger partial charge in [-0.05, 0) is 29.5 Å². The van der Waals surface area contributed by atoms with E-state index in [0.29, 0.717) is 6.42 Å². The minimum atomic E-state index is 0.168. The highest BCUT2D eigenvalue weighted by Crippen LogP contribution is 2.16. The van der Waals surface area contributed by atoms with E-state index in [1.165, 1.54) is 0 Å². The van der Waals surface area contributed by atoms with Crippen LogP contribution in [0.25, 0.3) is 0 Å². The van der Waals surface area contributed by atoms with E-state index in [-0.39, 0.29) is 5.78 Å². The van der Waals surface area contributed by atoms with Crippen molar-refractivity contribution in [1.29, 1.82) is 0 Å². The summed E-state index contributed by atoms with van der Waals surface area (Å²) < 4.78 is 0. The van der Waals surface area contributed by atoms with Crippen LogP contribution < -0.4 is 0 Å². The number of pyridine rings is 1. The van der Waals surface area contributed by atoms with Crippen molar-refractivity contribution in [3.05, 3.63) is 52.0 Å². The molecule has 0 amide bonds. The zero-order valence-corrected chi connectivity index (χ0v) is 9.25. The number of carbonyl (C=O) groups excluding carboxylic acids is 1. The molecule has 0 aliphatic heterocycles. The molecule has 0 fully saturated rings. The van der Waals surface area contributed by atoms with Gasteiger partial charge in [-0.2, -0.15) is 11.3 Å². The average molecular weight is 217 g/mol. The molecular formula is C12H11NOS. The first-order valence-corrected chi connectivity index (χ1v) is 5.66. The van der Waals surface area contributed by atoms with E-state index in [1.807, 2.05) is 29.8 Å². The van der Waals surface area contributed by atoms with Gasteiger partial charge in [-0.1, -0.05) is 6.07 Å². The number of Topliss-reactive ketones (excluding diaryl/α,β-unsaturated/α-hetero) is 1. The van der Waals surface area contributed by atoms with Crippen LogP contribution in [0, 0.1) is 6.92 Å². The largest absolute Gasteiger partial charge is 0.294 e. The molecule has 0 saturated carbocycles. The lowest BCUT2D eigenvalue weighted by atomic mass is 10.0. The Balaban J connectivity index is 2.15. The van der Waals surface area contributed by atoms with Crippen LogP contribution in [0.5, 0.6) is 0 Å². The molecule has 0 aliphatic carbocycles. The molecule has 0 N–H and O–H groups in total. The molecule has 2 rings (SSSR count). The van der Waals surface area contributed by atoms with Crippen molar-refractivity contribution in [3.63, 3.8) is 0 Å². The molecule has 0 atom stereocenters. The van der Waals surface area contributed by atoms with Gasteiger partial charge in [-0.3, -0.25) is 9.78 Å². The van der Waals surface area contributed by atoms with Crippen molar-refractivity contribution in [2.45, 2.75) is 13.3 Å². The number of aromatic nitrogens is 1. The lowest BCUT2D eigenvalue weighted by Gasteiger charge is -1.99. The molecule has 0 unspecified atom stereocenters. The molecule has 0 saturated heterocycles. The van der Waals surface area contributed by atoms with Gasteiger partial charge in [-0.25, -0.2) is 0 Å². The zero-order chi connectivity index (χ0) is 10.7. The third-order valence-corrected chi connectivity index (χ3v) is 3.10. The van der Waals surface area contributed by atoms with Crippen molar-refractivity contribution in [2.75, 3.05) is 0 Å². The molecule has 2 aromatic heterocycles. The second-order valence-corrected chi connectivity index (χ2v) is 4.17. The minimum Gasteiger partial charge on any atom is -0.294 e. The first-order valence-electron chi connectivity index (χ1n) is 4.72. The van der Waals surface area contributed by atoms with Gasteiger partial charge in [0.25, 0.3) is 0 Å². The van der Waals surface area contributed by atoms with E-state index >= 15 is 0 Å². The summed E-state index contributed by atoms with van der Waals surface area (Å²) in [5.74, 6) is 0.168. The topological polar surface area (TPSA) is 30.0 Å². The van der Waals surface area contributed by atoms with Gasteiger partial charge in [-0.15, -0.1) is 0 Å². The normalized spacial score (nSPS) is 10.2. The smallest absolute Gasteiger partial charge is 0.168 e. The molecule has 76 valence electrons. The van der Waals surface area contributed by atoms with E-state index < -0.39 is 0 Å². The van der Waals surface area contributed by atoms with Crippen LogP contribution in [0.1, 0.15) is 21.5 Å². The van der Waals surface area contributed by atoms with Crippen LogP contribution in [0.4, 0.5) is 0 Å². The lowest BCUT2D eigenvalue weighted by Crippen LogP contribution is -2.03. The predicted octanol–water partition coefficient (Wildman–Crippen LogP) is 2.88. The van der Waals surface area contributed by atoms with Crippen LogP contribution >= 0.6 is 11.3 Å². The Morgan fingerprint density at radius 1 is 1.47 bits per heavy atom. The summed E-state index contributed by atoms with van der Waals surface area (Å²) in [5, 5.41) is 3.91. The quantitative estimate of drug-likeness (QED) is 0.740. The maximum absolute atomic E-state index is 11.9. The number of hydrogen-bond acceptors (Lipinski definition) is 3. The molecule has 0 spiro atoms. The number of ketones is 1. The fourth-order valence-electron chi connectivity index (χ4n) is 1.43. The highest BCUT2D eigenvalue weighted by atomic mass is 32.1. The second kappa shape index (κ2) is 4.36. The molecule has 2 heterocycles. The summed E-state index contributed by atoms with van der Waals surface area (Å²) in [6.45, 7) is 1.97. The van der Waals surface area contributed by atoms with Crippen LogP contribution in [-0.4, -0.2) is 10.8 Å². The van der Waals surface area contributed by atoms with Gasteiger partial charge in [0.2, 0.25) is 0 Å². The highest BCUT2D eigenvalue weighted by Gasteiger charge is 2.10. The summed E-state index contributed by atoms with van der Waals surface area (Å²) in [5.41, 5.74) is 2.87. The fraction of sp³-hybridized carbons (Fsp3) is 0.167. The molecule has 0 aromatic carbocycles. The Bertz CT molecular complexity index is 461. The Kier molecular flexibility index (Phi) is 2.92. The summed E-state index contributed by atoms with van der Waals surface area (Å²) in [4.78, 5) is 15.9. The third-order valence-electron chi connectivity index (χ3n) is 2.24. The maximum Gasteiger partial charge on any atom is 0.168 e. The van der Waals surface area contributed by atoms with Crippen molar-refractivity contribution >= 4 is 17.1 Å². The SMILES string of the molecule is Cc1cscc1C(=O)Cc1cccnc1. The first kappa shape index (κ1) is 10.1. The number of thiophene rings is 1. The fourth-order valence-corrected chi connectivity index (χ4v) is 2.28. The lowest BCUT2D eigenvalue weighted by molar-refractivity contribution is 0.0993. The first-order chi connectivity index (χ1) is 7.27. The van der Waals surface area contributed by atoms with Crippen molar-refractivity contribution in [3.8, 4) is 0 Å². The monoisotopic (exact) mass is 217 g/mol. The van der Waals surface area contributed by atoms with E-state index in [1.54, 1.807) is 23.7 Å². The number of aryl methyl sites for hydroxylation is 1. The summed E-state index contributed by atoms with van der Waals surface area (Å²) in [6.07, 6.45) is 3.88. The van der Waals surface area contributed by atoms with Gasteiger partial charge in [0.15, 0.2) is 5.78 Å². The summed E-state index contributed by atoms with van der Waals surface area (Å²) >= 11 is 1.57. The molecule has 2 aromatic rings. The molecule has 0 bridgehead atoms. The Hall–Kier alpha value is -1.48. The average Bonchev–Trinajstić information content (AvgIpc) is 2.66. The summed E-state index contributed by atoms with van der Waals surface area (Å²) in [6, 6.07) is 3.77. The van der Waals surface area contributed by atoms with Gasteiger partial charge < -0.3 is 0 Å². The number of carbonyl (C=O) groups is 1.